The zero-order valence-electron chi connectivity index (χ0n) is 16.2. The highest BCUT2D eigenvalue weighted by atomic mass is 16.5. The second-order valence-corrected chi connectivity index (χ2v) is 6.32. The highest BCUT2D eigenvalue weighted by Crippen LogP contribution is 2.23. The summed E-state index contributed by atoms with van der Waals surface area (Å²) < 4.78 is 16.1. The Bertz CT molecular complexity index is 992. The number of Topliss-reactive ketones (excluding diaryl/α,β-unsaturated/α-hetero) is 1. The van der Waals surface area contributed by atoms with Gasteiger partial charge in [-0.2, -0.15) is 0 Å². The van der Waals surface area contributed by atoms with Gasteiger partial charge in [0.15, 0.2) is 6.10 Å². The van der Waals surface area contributed by atoms with Crippen molar-refractivity contribution in [1.29, 1.82) is 0 Å². The number of hydrogen-bond acceptors (Lipinski definition) is 5. The Morgan fingerprint density at radius 2 is 1.93 bits per heavy atom. The molecule has 3 rings (SSSR count). The summed E-state index contributed by atoms with van der Waals surface area (Å²) in [7, 11) is 1.56. The van der Waals surface area contributed by atoms with Crippen molar-refractivity contribution in [2.75, 3.05) is 13.7 Å². The lowest BCUT2D eigenvalue weighted by Gasteiger charge is -2.14. The van der Waals surface area contributed by atoms with Crippen LogP contribution in [-0.4, -0.2) is 36.6 Å². The third-order valence-electron chi connectivity index (χ3n) is 4.49. The summed E-state index contributed by atoms with van der Waals surface area (Å²) in [6.07, 6.45) is 0.731. The molecule has 0 aliphatic rings. The predicted molar refractivity (Wildman–Crippen MR) is 106 cm³/mol. The minimum atomic E-state index is -0.913. The fraction of sp³-hybridized carbons (Fsp3) is 0.273. The second kappa shape index (κ2) is 8.71. The third kappa shape index (κ3) is 4.07. The quantitative estimate of drug-likeness (QED) is 0.469. The minimum Gasteiger partial charge on any atom is -0.496 e. The van der Waals surface area contributed by atoms with Crippen LogP contribution in [0.25, 0.3) is 10.9 Å². The molecule has 0 radical (unpaired) electrons. The van der Waals surface area contributed by atoms with E-state index >= 15 is 0 Å². The van der Waals surface area contributed by atoms with E-state index in [1.807, 2.05) is 31.2 Å². The smallest absolute Gasteiger partial charge is 0.338 e. The number of aromatic nitrogens is 1. The topological polar surface area (TPSA) is 77.6 Å². The molecule has 0 aliphatic heterocycles. The molecule has 0 unspecified atom stereocenters. The van der Waals surface area contributed by atoms with Gasteiger partial charge in [-0.1, -0.05) is 18.2 Å². The van der Waals surface area contributed by atoms with E-state index in [1.54, 1.807) is 38.4 Å². The van der Waals surface area contributed by atoms with E-state index in [0.717, 1.165) is 16.5 Å². The molecule has 2 aromatic carbocycles. The first-order chi connectivity index (χ1) is 13.5. The Kier molecular flexibility index (Phi) is 6.11. The molecule has 146 valence electrons. The number of nitrogens with one attached hydrogen (secondary N) is 1. The number of ketones is 1. The van der Waals surface area contributed by atoms with Gasteiger partial charge in [-0.05, 0) is 38.1 Å². The molecule has 6 heteroatoms. The van der Waals surface area contributed by atoms with Crippen molar-refractivity contribution in [1.82, 2.24) is 4.98 Å². The van der Waals surface area contributed by atoms with Gasteiger partial charge in [0.2, 0.25) is 5.78 Å². The normalized spacial score (nSPS) is 12.0. The average Bonchev–Trinajstić information content (AvgIpc) is 3.15. The van der Waals surface area contributed by atoms with Crippen molar-refractivity contribution in [3.8, 4) is 5.75 Å². The Hall–Kier alpha value is -3.12. The molecule has 3 aromatic rings. The molecule has 1 N–H and O–H groups in total. The van der Waals surface area contributed by atoms with E-state index in [1.165, 1.54) is 0 Å². The Labute approximate surface area is 163 Å². The molecular formula is C22H23NO5. The standard InChI is InChI=1S/C22H23NO5/c1-4-27-13-16-11-15(9-10-20(16)26-3)22(25)28-14(2)21(24)18-12-23-19-8-6-5-7-17(18)19/h5-12,14,23H,4,13H2,1-3H3/t14-/m1/s1. The van der Waals surface area contributed by atoms with Crippen molar-refractivity contribution in [3.05, 3.63) is 65.4 Å². The Balaban J connectivity index is 1.75. The lowest BCUT2D eigenvalue weighted by Crippen LogP contribution is -2.24. The van der Waals surface area contributed by atoms with E-state index in [9.17, 15) is 9.59 Å². The molecule has 0 saturated carbocycles. The summed E-state index contributed by atoms with van der Waals surface area (Å²) in [5, 5.41) is 0.804. The van der Waals surface area contributed by atoms with Crippen LogP contribution in [0.5, 0.6) is 5.75 Å². The molecule has 0 saturated heterocycles. The number of fused-ring (bicyclic) bond motifs is 1. The van der Waals surface area contributed by atoms with Gasteiger partial charge in [-0.3, -0.25) is 4.79 Å². The molecule has 0 spiro atoms. The molecule has 0 bridgehead atoms. The van der Waals surface area contributed by atoms with Crippen LogP contribution in [-0.2, 0) is 16.1 Å². The van der Waals surface area contributed by atoms with E-state index in [0.29, 0.717) is 30.1 Å². The maximum absolute atomic E-state index is 12.8. The third-order valence-corrected chi connectivity index (χ3v) is 4.49. The van der Waals surface area contributed by atoms with Crippen molar-refractivity contribution >= 4 is 22.7 Å². The van der Waals surface area contributed by atoms with Crippen LogP contribution in [0, 0.1) is 0 Å². The van der Waals surface area contributed by atoms with Crippen molar-refractivity contribution < 1.29 is 23.8 Å². The van der Waals surface area contributed by atoms with E-state index in [2.05, 4.69) is 4.98 Å². The van der Waals surface area contributed by atoms with Gasteiger partial charge in [-0.15, -0.1) is 0 Å². The second-order valence-electron chi connectivity index (χ2n) is 6.32. The molecule has 28 heavy (non-hydrogen) atoms. The molecule has 0 fully saturated rings. The first-order valence-electron chi connectivity index (χ1n) is 9.11. The minimum absolute atomic E-state index is 0.256. The first kappa shape index (κ1) is 19.6. The summed E-state index contributed by atoms with van der Waals surface area (Å²) >= 11 is 0. The van der Waals surface area contributed by atoms with Crippen molar-refractivity contribution in [3.63, 3.8) is 0 Å². The number of ether oxygens (including phenoxy) is 3. The van der Waals surface area contributed by atoms with Crippen molar-refractivity contribution in [2.45, 2.75) is 26.6 Å². The van der Waals surface area contributed by atoms with E-state index in [4.69, 9.17) is 14.2 Å². The number of carbonyl (C=O) groups excluding carboxylic acids is 2. The first-order valence-corrected chi connectivity index (χ1v) is 9.11. The van der Waals surface area contributed by atoms with Gasteiger partial charge >= 0.3 is 5.97 Å². The number of methoxy groups -OCH3 is 1. The summed E-state index contributed by atoms with van der Waals surface area (Å²) in [5.41, 5.74) is 2.45. The van der Waals surface area contributed by atoms with Crippen LogP contribution >= 0.6 is 0 Å². The Morgan fingerprint density at radius 1 is 1.14 bits per heavy atom. The van der Waals surface area contributed by atoms with Gasteiger partial charge in [0.25, 0.3) is 0 Å². The average molecular weight is 381 g/mol. The van der Waals surface area contributed by atoms with Gasteiger partial charge < -0.3 is 19.2 Å². The zero-order valence-corrected chi connectivity index (χ0v) is 16.2. The highest BCUT2D eigenvalue weighted by Gasteiger charge is 2.23. The van der Waals surface area contributed by atoms with Crippen LogP contribution in [0.2, 0.25) is 0 Å². The fourth-order valence-electron chi connectivity index (χ4n) is 3.01. The Morgan fingerprint density at radius 3 is 2.68 bits per heavy atom. The molecule has 1 atom stereocenters. The number of para-hydroxylation sites is 1. The van der Waals surface area contributed by atoms with Crippen LogP contribution in [0.15, 0.2) is 48.7 Å². The molecular weight excluding hydrogens is 358 g/mol. The number of rotatable bonds is 8. The monoisotopic (exact) mass is 381 g/mol. The number of esters is 1. The lowest BCUT2D eigenvalue weighted by atomic mass is 10.1. The van der Waals surface area contributed by atoms with Crippen molar-refractivity contribution in [2.24, 2.45) is 0 Å². The number of hydrogen-bond donors (Lipinski definition) is 1. The van der Waals surface area contributed by atoms with Crippen LogP contribution in [0.4, 0.5) is 0 Å². The number of carbonyl (C=O) groups is 2. The summed E-state index contributed by atoms with van der Waals surface area (Å²) in [4.78, 5) is 28.4. The molecule has 6 nitrogen and oxygen atoms in total. The lowest BCUT2D eigenvalue weighted by molar-refractivity contribution is 0.0319. The van der Waals surface area contributed by atoms with Gasteiger partial charge in [0, 0.05) is 34.8 Å². The van der Waals surface area contributed by atoms with Gasteiger partial charge in [0.1, 0.15) is 5.75 Å². The maximum Gasteiger partial charge on any atom is 0.338 e. The summed E-state index contributed by atoms with van der Waals surface area (Å²) in [6, 6.07) is 12.5. The maximum atomic E-state index is 12.8. The number of benzene rings is 2. The van der Waals surface area contributed by atoms with Crippen LogP contribution < -0.4 is 4.74 Å². The largest absolute Gasteiger partial charge is 0.496 e. The number of H-pyrrole nitrogens is 1. The zero-order chi connectivity index (χ0) is 20.1. The molecule has 0 aliphatic carbocycles. The molecule has 1 heterocycles. The SMILES string of the molecule is CCOCc1cc(C(=O)O[C@H](C)C(=O)c2c[nH]c3ccccc23)ccc1OC. The predicted octanol–water partition coefficient (Wildman–Crippen LogP) is 4.14. The molecule has 1 aromatic heterocycles. The number of aromatic amines is 1. The summed E-state index contributed by atoms with van der Waals surface area (Å²) in [5.74, 6) is -0.192. The van der Waals surface area contributed by atoms with Gasteiger partial charge in [0.05, 0.1) is 19.3 Å². The molecule has 0 amide bonds. The highest BCUT2D eigenvalue weighted by molar-refractivity contribution is 6.10. The van der Waals surface area contributed by atoms with E-state index < -0.39 is 12.1 Å². The van der Waals surface area contributed by atoms with Crippen LogP contribution in [0.3, 0.4) is 0 Å². The van der Waals surface area contributed by atoms with Crippen LogP contribution in [0.1, 0.15) is 40.1 Å². The summed E-state index contributed by atoms with van der Waals surface area (Å²) in [6.45, 7) is 4.34. The fourth-order valence-corrected chi connectivity index (χ4v) is 3.01. The van der Waals surface area contributed by atoms with E-state index in [-0.39, 0.29) is 5.78 Å². The van der Waals surface area contributed by atoms with Gasteiger partial charge in [-0.25, -0.2) is 4.79 Å².